The summed E-state index contributed by atoms with van der Waals surface area (Å²) in [5.41, 5.74) is 2.08. The van der Waals surface area contributed by atoms with E-state index in [4.69, 9.17) is 4.74 Å². The van der Waals surface area contributed by atoms with Crippen LogP contribution in [0.25, 0.3) is 12.2 Å². The summed E-state index contributed by atoms with van der Waals surface area (Å²) in [5, 5.41) is 0. The molecule has 0 saturated carbocycles. The lowest BCUT2D eigenvalue weighted by molar-refractivity contribution is -0.115. The summed E-state index contributed by atoms with van der Waals surface area (Å²) in [6.07, 6.45) is 11.5. The molecule has 0 bridgehead atoms. The van der Waals surface area contributed by atoms with Crippen LogP contribution >= 0.6 is 0 Å². The zero-order valence-electron chi connectivity index (χ0n) is 17.0. The Morgan fingerprint density at radius 3 is 1.45 bits per heavy atom. The van der Waals surface area contributed by atoms with E-state index in [-0.39, 0.29) is 11.6 Å². The summed E-state index contributed by atoms with van der Waals surface area (Å²) in [6.45, 7) is 1.33. The van der Waals surface area contributed by atoms with Gasteiger partial charge in [-0.2, -0.15) is 0 Å². The average Bonchev–Trinajstić information content (AvgIpc) is 2.76. The van der Waals surface area contributed by atoms with Crippen LogP contribution in [0.2, 0.25) is 0 Å². The second-order valence-corrected chi connectivity index (χ2v) is 6.95. The molecule has 3 nitrogen and oxygen atoms in total. The molecule has 0 aromatic heterocycles. The fourth-order valence-electron chi connectivity index (χ4n) is 2.78. The molecule has 0 spiro atoms. The van der Waals surface area contributed by atoms with Gasteiger partial charge in [0, 0.05) is 26.1 Å². The third-order valence-corrected chi connectivity index (χ3v) is 4.45. The number of allylic oxidation sites excluding steroid dienone is 2. The summed E-state index contributed by atoms with van der Waals surface area (Å²) in [7, 11) is 0. The van der Waals surface area contributed by atoms with Crippen LogP contribution in [0.4, 0.5) is 0 Å². The number of ether oxygens (including phenoxy) is 1. The number of unbranched alkanes of at least 4 members (excludes halogenated alkanes) is 2. The van der Waals surface area contributed by atoms with Crippen LogP contribution in [-0.4, -0.2) is 24.8 Å². The van der Waals surface area contributed by atoms with E-state index in [1.165, 1.54) is 0 Å². The maximum Gasteiger partial charge on any atom is 0.155 e. The predicted octanol–water partition coefficient (Wildman–Crippen LogP) is 5.91. The standard InChI is InChI=1S/C26H30O3/c27-25(19-17-23-11-3-1-4-12-23)15-7-9-21-29-22-10-8-16-26(28)20-18-24-13-5-2-6-14-24/h1-6,11-14,17-20H,7-10,15-16,21-22H2/b19-17+,20-18+. The highest BCUT2D eigenvalue weighted by Gasteiger charge is 1.99. The third kappa shape index (κ3) is 11.0. The lowest BCUT2D eigenvalue weighted by Gasteiger charge is -2.03. The largest absolute Gasteiger partial charge is 0.381 e. The van der Waals surface area contributed by atoms with Crippen LogP contribution in [0.1, 0.15) is 49.7 Å². The molecule has 29 heavy (non-hydrogen) atoms. The molecule has 0 heterocycles. The van der Waals surface area contributed by atoms with Gasteiger partial charge < -0.3 is 4.74 Å². The van der Waals surface area contributed by atoms with Crippen molar-refractivity contribution in [3.8, 4) is 0 Å². The minimum Gasteiger partial charge on any atom is -0.381 e. The van der Waals surface area contributed by atoms with E-state index < -0.39 is 0 Å². The topological polar surface area (TPSA) is 43.4 Å². The van der Waals surface area contributed by atoms with Crippen molar-refractivity contribution in [2.24, 2.45) is 0 Å². The maximum absolute atomic E-state index is 11.8. The third-order valence-electron chi connectivity index (χ3n) is 4.45. The van der Waals surface area contributed by atoms with Crippen LogP contribution in [0.5, 0.6) is 0 Å². The highest BCUT2D eigenvalue weighted by atomic mass is 16.5. The Morgan fingerprint density at radius 2 is 1.03 bits per heavy atom. The minimum atomic E-state index is 0.149. The summed E-state index contributed by atoms with van der Waals surface area (Å²) in [4.78, 5) is 23.7. The molecule has 0 aliphatic heterocycles. The summed E-state index contributed by atoms with van der Waals surface area (Å²) in [6, 6.07) is 19.7. The lowest BCUT2D eigenvalue weighted by atomic mass is 10.1. The van der Waals surface area contributed by atoms with Crippen LogP contribution < -0.4 is 0 Å². The van der Waals surface area contributed by atoms with Crippen molar-refractivity contribution in [2.75, 3.05) is 13.2 Å². The van der Waals surface area contributed by atoms with Crippen molar-refractivity contribution in [1.29, 1.82) is 0 Å². The number of benzene rings is 2. The van der Waals surface area contributed by atoms with Crippen LogP contribution in [-0.2, 0) is 14.3 Å². The Kier molecular flexibility index (Phi) is 11.1. The van der Waals surface area contributed by atoms with Gasteiger partial charge in [0.15, 0.2) is 11.6 Å². The van der Waals surface area contributed by atoms with Crippen LogP contribution in [0.15, 0.2) is 72.8 Å². The van der Waals surface area contributed by atoms with Crippen LogP contribution in [0, 0.1) is 0 Å². The second kappa shape index (κ2) is 14.3. The Morgan fingerprint density at radius 1 is 0.621 bits per heavy atom. The SMILES string of the molecule is O=C(/C=C/c1ccccc1)CCCCOCCCCC(=O)/C=C/c1ccccc1. The molecule has 0 atom stereocenters. The zero-order chi connectivity index (χ0) is 20.6. The van der Waals surface area contributed by atoms with Gasteiger partial charge in [0.25, 0.3) is 0 Å². The van der Waals surface area contributed by atoms with E-state index in [0.29, 0.717) is 26.1 Å². The zero-order valence-corrected chi connectivity index (χ0v) is 17.0. The number of carbonyl (C=O) groups excluding carboxylic acids is 2. The first-order valence-electron chi connectivity index (χ1n) is 10.3. The number of carbonyl (C=O) groups is 2. The average molecular weight is 391 g/mol. The first-order valence-corrected chi connectivity index (χ1v) is 10.3. The summed E-state index contributed by atoms with van der Waals surface area (Å²) >= 11 is 0. The molecule has 0 saturated heterocycles. The van der Waals surface area contributed by atoms with Crippen molar-refractivity contribution < 1.29 is 14.3 Å². The molecule has 0 fully saturated rings. The molecular weight excluding hydrogens is 360 g/mol. The van der Waals surface area contributed by atoms with E-state index in [2.05, 4.69) is 0 Å². The molecule has 2 aromatic rings. The minimum absolute atomic E-state index is 0.149. The van der Waals surface area contributed by atoms with Gasteiger partial charge in [-0.1, -0.05) is 72.8 Å². The fourth-order valence-corrected chi connectivity index (χ4v) is 2.78. The predicted molar refractivity (Wildman–Crippen MR) is 119 cm³/mol. The number of rotatable bonds is 14. The normalized spacial score (nSPS) is 11.3. The van der Waals surface area contributed by atoms with Gasteiger partial charge in [-0.15, -0.1) is 0 Å². The molecule has 152 valence electrons. The number of hydrogen-bond acceptors (Lipinski definition) is 3. The molecule has 3 heteroatoms. The van der Waals surface area contributed by atoms with Crippen molar-refractivity contribution >= 4 is 23.7 Å². The van der Waals surface area contributed by atoms with Gasteiger partial charge in [0.1, 0.15) is 0 Å². The first kappa shape index (κ1) is 22.5. The Balaban J connectivity index is 1.43. The van der Waals surface area contributed by atoms with Gasteiger partial charge in [-0.05, 0) is 49.0 Å². The van der Waals surface area contributed by atoms with E-state index in [0.717, 1.165) is 36.8 Å². The van der Waals surface area contributed by atoms with Crippen molar-refractivity contribution in [3.63, 3.8) is 0 Å². The Hall–Kier alpha value is -2.78. The summed E-state index contributed by atoms with van der Waals surface area (Å²) < 4.78 is 5.60. The quantitative estimate of drug-likeness (QED) is 0.297. The highest BCUT2D eigenvalue weighted by Crippen LogP contribution is 2.06. The van der Waals surface area contributed by atoms with Gasteiger partial charge >= 0.3 is 0 Å². The Labute approximate surface area is 174 Å². The smallest absolute Gasteiger partial charge is 0.155 e. The van der Waals surface area contributed by atoms with Gasteiger partial charge in [0.2, 0.25) is 0 Å². The van der Waals surface area contributed by atoms with Crippen molar-refractivity contribution in [2.45, 2.75) is 38.5 Å². The van der Waals surface area contributed by atoms with Gasteiger partial charge in [-0.3, -0.25) is 9.59 Å². The van der Waals surface area contributed by atoms with E-state index in [9.17, 15) is 9.59 Å². The van der Waals surface area contributed by atoms with Gasteiger partial charge in [0.05, 0.1) is 0 Å². The maximum atomic E-state index is 11.8. The fraction of sp³-hybridized carbons (Fsp3) is 0.308. The van der Waals surface area contributed by atoms with E-state index >= 15 is 0 Å². The molecule has 0 unspecified atom stereocenters. The number of ketones is 2. The molecule has 0 aliphatic carbocycles. The summed E-state index contributed by atoms with van der Waals surface area (Å²) in [5.74, 6) is 0.298. The van der Waals surface area contributed by atoms with E-state index in [1.54, 1.807) is 12.2 Å². The molecular formula is C26H30O3. The molecule has 0 radical (unpaired) electrons. The van der Waals surface area contributed by atoms with Crippen LogP contribution in [0.3, 0.4) is 0 Å². The molecule has 0 amide bonds. The molecule has 0 aliphatic rings. The van der Waals surface area contributed by atoms with E-state index in [1.807, 2.05) is 72.8 Å². The monoisotopic (exact) mass is 390 g/mol. The molecule has 0 N–H and O–H groups in total. The molecule has 2 rings (SSSR count). The van der Waals surface area contributed by atoms with Crippen molar-refractivity contribution in [3.05, 3.63) is 83.9 Å². The molecule has 2 aromatic carbocycles. The first-order chi connectivity index (χ1) is 14.2. The van der Waals surface area contributed by atoms with Gasteiger partial charge in [-0.25, -0.2) is 0 Å². The Bertz CT molecular complexity index is 709. The second-order valence-electron chi connectivity index (χ2n) is 6.95. The lowest BCUT2D eigenvalue weighted by Crippen LogP contribution is -2.00. The number of hydrogen-bond donors (Lipinski definition) is 0. The highest BCUT2D eigenvalue weighted by molar-refractivity contribution is 5.93. The van der Waals surface area contributed by atoms with Crippen molar-refractivity contribution in [1.82, 2.24) is 0 Å².